The van der Waals surface area contributed by atoms with Gasteiger partial charge in [-0.3, -0.25) is 4.98 Å². The van der Waals surface area contributed by atoms with Crippen LogP contribution in [0.1, 0.15) is 30.4 Å². The fourth-order valence-corrected chi connectivity index (χ4v) is 5.19. The average molecular weight is 702 g/mol. The lowest BCUT2D eigenvalue weighted by molar-refractivity contribution is -0.292. The molecule has 9 nitrogen and oxygen atoms in total. The van der Waals surface area contributed by atoms with Gasteiger partial charge in [-0.25, -0.2) is 18.4 Å². The van der Waals surface area contributed by atoms with Crippen LogP contribution in [0.4, 0.5) is 35.1 Å². The molecule has 4 rings (SSSR count). The first-order chi connectivity index (χ1) is 23.1. The summed E-state index contributed by atoms with van der Waals surface area (Å²) in [6.07, 6.45) is -10.5. The summed E-state index contributed by atoms with van der Waals surface area (Å²) in [5.41, 5.74) is 1.17. The summed E-state index contributed by atoms with van der Waals surface area (Å²) in [5.74, 6) is -11.1. The van der Waals surface area contributed by atoms with E-state index in [1.807, 2.05) is 0 Å². The molecule has 2 heterocycles. The lowest BCUT2D eigenvalue weighted by Gasteiger charge is -2.43. The van der Waals surface area contributed by atoms with E-state index < -0.39 is 60.0 Å². The van der Waals surface area contributed by atoms with E-state index in [1.165, 1.54) is 19.4 Å². The van der Waals surface area contributed by atoms with Crippen molar-refractivity contribution < 1.29 is 63.7 Å². The van der Waals surface area contributed by atoms with Gasteiger partial charge < -0.3 is 24.3 Å². The molecule has 0 spiro atoms. The van der Waals surface area contributed by atoms with Crippen LogP contribution in [-0.2, 0) is 30.2 Å². The second kappa shape index (κ2) is 15.2. The van der Waals surface area contributed by atoms with Crippen LogP contribution in [0.3, 0.4) is 0 Å². The summed E-state index contributed by atoms with van der Waals surface area (Å²) in [4.78, 5) is 28.1. The Labute approximate surface area is 273 Å². The number of nitrogens with one attached hydrogen (secondary N) is 1. The van der Waals surface area contributed by atoms with Crippen LogP contribution in [-0.4, -0.2) is 67.0 Å². The van der Waals surface area contributed by atoms with Crippen molar-refractivity contribution in [1.29, 1.82) is 5.26 Å². The second-order valence-corrected chi connectivity index (χ2v) is 10.8. The zero-order valence-corrected chi connectivity index (χ0v) is 25.4. The van der Waals surface area contributed by atoms with Gasteiger partial charge in [0.15, 0.2) is 12.2 Å². The number of methoxy groups -OCH3 is 1. The second-order valence-electron chi connectivity index (χ2n) is 10.8. The van der Waals surface area contributed by atoms with Gasteiger partial charge in [0.1, 0.15) is 17.4 Å². The number of aryl methyl sites for hydroxylation is 1. The van der Waals surface area contributed by atoms with Gasteiger partial charge in [-0.15, -0.1) is 0 Å². The first kappa shape index (κ1) is 37.0. The Kier molecular flexibility index (Phi) is 11.5. The van der Waals surface area contributed by atoms with Crippen LogP contribution in [0.25, 0.3) is 17.0 Å². The third-order valence-corrected chi connectivity index (χ3v) is 7.51. The van der Waals surface area contributed by atoms with E-state index in [-0.39, 0.29) is 37.8 Å². The highest BCUT2D eigenvalue weighted by molar-refractivity contribution is 5.83. The molecule has 0 unspecified atom stereocenters. The monoisotopic (exact) mass is 701 g/mol. The highest BCUT2D eigenvalue weighted by Crippen LogP contribution is 2.36. The molecule has 1 aliphatic heterocycles. The minimum absolute atomic E-state index is 0.0975. The van der Waals surface area contributed by atoms with Gasteiger partial charge in [-0.05, 0) is 73.7 Å². The number of aromatic nitrogens is 1. The van der Waals surface area contributed by atoms with Gasteiger partial charge >= 0.3 is 30.1 Å². The van der Waals surface area contributed by atoms with Crippen molar-refractivity contribution in [1.82, 2.24) is 10.3 Å². The van der Waals surface area contributed by atoms with Crippen molar-refractivity contribution in [2.45, 2.75) is 62.1 Å². The maximum absolute atomic E-state index is 14.0. The normalized spacial score (nSPS) is 18.7. The Balaban J connectivity index is 1.65. The molecule has 1 aromatic heterocycles. The van der Waals surface area contributed by atoms with Gasteiger partial charge in [0.25, 0.3) is 0 Å². The number of benzene rings is 2. The molecule has 0 saturated carbocycles. The Morgan fingerprint density at radius 2 is 1.71 bits per heavy atom. The van der Waals surface area contributed by atoms with E-state index in [4.69, 9.17) is 9.47 Å². The number of rotatable bonds is 11. The number of nitrogens with zero attached hydrogens (tertiary/aromatic N) is 2. The lowest BCUT2D eigenvalue weighted by Crippen LogP contribution is -2.63. The zero-order valence-electron chi connectivity index (χ0n) is 25.4. The first-order valence-corrected chi connectivity index (χ1v) is 14.5. The maximum Gasteiger partial charge on any atom is 0.491 e. The summed E-state index contributed by atoms with van der Waals surface area (Å²) in [6, 6.07) is 9.06. The molecule has 0 radical (unpaired) electrons. The van der Waals surface area contributed by atoms with Crippen molar-refractivity contribution in [3.05, 3.63) is 77.5 Å². The number of pyridine rings is 1. The van der Waals surface area contributed by atoms with Crippen LogP contribution >= 0.6 is 0 Å². The minimum Gasteiger partial charge on any atom is -0.497 e. The number of nitriles is 1. The Hall–Kier alpha value is -4.82. The van der Waals surface area contributed by atoms with Gasteiger partial charge in [0.05, 0.1) is 18.7 Å². The molecule has 0 amide bonds. The summed E-state index contributed by atoms with van der Waals surface area (Å²) >= 11 is 0. The first-order valence-electron chi connectivity index (χ1n) is 14.5. The fraction of sp³-hybridized carbons (Fsp3) is 0.375. The minimum atomic E-state index is -5.81. The number of hydrogen-bond donors (Lipinski definition) is 1. The van der Waals surface area contributed by atoms with Gasteiger partial charge in [-0.2, -0.15) is 31.6 Å². The van der Waals surface area contributed by atoms with E-state index in [0.717, 1.165) is 35.9 Å². The topological polar surface area (TPSA) is 120 Å². The standard InChI is InChI=1S/C32H27F8N3O6/c1-46-22-8-10-25-23(16-22)18(12-14-43-25)4-6-21-7-11-26(42-13-2-3-19-15-20(33)5-9-24(19)34)27(47-21)30(17-41,48-28(44)31(35,36)37)49-29(45)32(38,39)40/h2-3,5,8-10,12,14-16,21,26-27,42H,4,6-7,11,13H2,1H3/b3-2+/t21-,26-,27-/m1/s1. The van der Waals surface area contributed by atoms with E-state index in [9.17, 15) is 50.0 Å². The van der Waals surface area contributed by atoms with E-state index >= 15 is 0 Å². The van der Waals surface area contributed by atoms with Crippen molar-refractivity contribution in [2.75, 3.05) is 13.7 Å². The molecule has 49 heavy (non-hydrogen) atoms. The number of carbonyl (C=O) groups excluding carboxylic acids is 2. The van der Waals surface area contributed by atoms with Crippen LogP contribution in [0.2, 0.25) is 0 Å². The molecule has 1 fully saturated rings. The van der Waals surface area contributed by atoms with Crippen LogP contribution in [0, 0.1) is 23.0 Å². The lowest BCUT2D eigenvalue weighted by atomic mass is 9.90. The zero-order chi connectivity index (χ0) is 36.0. The molecule has 0 bridgehead atoms. The molecule has 0 aliphatic carbocycles. The summed E-state index contributed by atoms with van der Waals surface area (Å²) in [6.45, 7) is -0.280. The van der Waals surface area contributed by atoms with Crippen LogP contribution < -0.4 is 10.1 Å². The number of ether oxygens (including phenoxy) is 4. The predicted molar refractivity (Wildman–Crippen MR) is 154 cm³/mol. The number of alkyl halides is 6. The predicted octanol–water partition coefficient (Wildman–Crippen LogP) is 6.10. The Morgan fingerprint density at radius 3 is 2.35 bits per heavy atom. The fourth-order valence-electron chi connectivity index (χ4n) is 5.19. The molecule has 17 heteroatoms. The molecular weight excluding hydrogens is 674 g/mol. The SMILES string of the molecule is COc1ccc2nccc(CC[C@@H]3CC[C@@H](NC/C=C/c4cc(F)ccc4F)[C@H](C(C#N)(OC(=O)C(F)(F)F)OC(=O)C(F)(F)F)O3)c2c1. The maximum atomic E-state index is 14.0. The van der Waals surface area contributed by atoms with Gasteiger partial charge in [-0.1, -0.05) is 12.2 Å². The smallest absolute Gasteiger partial charge is 0.491 e. The summed E-state index contributed by atoms with van der Waals surface area (Å²) < 4.78 is 127. The van der Waals surface area contributed by atoms with Crippen LogP contribution in [0.15, 0.2) is 54.7 Å². The number of carbonyl (C=O) groups is 2. The van der Waals surface area contributed by atoms with Gasteiger partial charge in [0, 0.05) is 29.7 Å². The largest absolute Gasteiger partial charge is 0.497 e. The quantitative estimate of drug-likeness (QED) is 0.144. The molecule has 1 saturated heterocycles. The number of hydrogen-bond acceptors (Lipinski definition) is 9. The van der Waals surface area contributed by atoms with E-state index in [1.54, 1.807) is 24.3 Å². The van der Waals surface area contributed by atoms with E-state index in [2.05, 4.69) is 19.8 Å². The number of esters is 2. The van der Waals surface area contributed by atoms with Crippen molar-refractivity contribution in [3.63, 3.8) is 0 Å². The molecule has 262 valence electrons. The Bertz CT molecular complexity index is 1710. The van der Waals surface area contributed by atoms with Crippen molar-refractivity contribution in [3.8, 4) is 11.8 Å². The molecule has 3 aromatic rings. The van der Waals surface area contributed by atoms with Gasteiger partial charge in [0.2, 0.25) is 0 Å². The van der Waals surface area contributed by atoms with E-state index in [0.29, 0.717) is 16.7 Å². The summed E-state index contributed by atoms with van der Waals surface area (Å²) in [7, 11) is 1.46. The highest BCUT2D eigenvalue weighted by atomic mass is 19.4. The molecule has 1 N–H and O–H groups in total. The number of halogens is 8. The Morgan fingerprint density at radius 1 is 1.02 bits per heavy atom. The van der Waals surface area contributed by atoms with Crippen molar-refractivity contribution in [2.24, 2.45) is 0 Å². The van der Waals surface area contributed by atoms with Crippen molar-refractivity contribution >= 4 is 28.9 Å². The molecular formula is C32H27F8N3O6. The summed E-state index contributed by atoms with van der Waals surface area (Å²) in [5, 5.41) is 13.4. The molecule has 2 aromatic carbocycles. The third-order valence-electron chi connectivity index (χ3n) is 7.51. The third kappa shape index (κ3) is 9.21. The average Bonchev–Trinajstić information content (AvgIpc) is 3.05. The molecule has 3 atom stereocenters. The van der Waals surface area contributed by atoms with Crippen LogP contribution in [0.5, 0.6) is 5.75 Å². The molecule has 1 aliphatic rings. The highest BCUT2D eigenvalue weighted by Gasteiger charge is 2.60. The number of fused-ring (bicyclic) bond motifs is 1.